The Morgan fingerprint density at radius 2 is 2.62 bits per heavy atom. The fourth-order valence-electron chi connectivity index (χ4n) is 1.74. The molecule has 0 saturated carbocycles. The largest absolute Gasteiger partial charge is 0.374 e. The molecule has 5 heteroatoms. The van der Waals surface area contributed by atoms with Gasteiger partial charge >= 0.3 is 0 Å². The number of nitrogens with one attached hydrogen (secondary N) is 2. The molecule has 2 rings (SSSR count). The summed E-state index contributed by atoms with van der Waals surface area (Å²) in [5.74, 6) is -0.0540. The zero-order valence-corrected chi connectivity index (χ0v) is 9.40. The number of aromatic nitrogens is 1. The lowest BCUT2D eigenvalue weighted by atomic mass is 10.3. The lowest BCUT2D eigenvalue weighted by Gasteiger charge is -2.23. The van der Waals surface area contributed by atoms with Crippen molar-refractivity contribution in [3.63, 3.8) is 0 Å². The maximum atomic E-state index is 11.8. The zero-order chi connectivity index (χ0) is 11.4. The number of rotatable bonds is 3. The summed E-state index contributed by atoms with van der Waals surface area (Å²) in [6, 6.07) is 3.66. The van der Waals surface area contributed by atoms with Crippen LogP contribution in [-0.2, 0) is 11.8 Å². The molecule has 0 spiro atoms. The van der Waals surface area contributed by atoms with Gasteiger partial charge in [0.15, 0.2) is 0 Å². The summed E-state index contributed by atoms with van der Waals surface area (Å²) in [6.07, 6.45) is 1.94. The van der Waals surface area contributed by atoms with Crippen molar-refractivity contribution in [2.45, 2.75) is 6.10 Å². The van der Waals surface area contributed by atoms with Crippen molar-refractivity contribution in [1.82, 2.24) is 15.2 Å². The van der Waals surface area contributed by atoms with E-state index < -0.39 is 0 Å². The maximum absolute atomic E-state index is 11.8. The van der Waals surface area contributed by atoms with Crippen molar-refractivity contribution in [3.05, 3.63) is 24.0 Å². The molecule has 2 heterocycles. The minimum atomic E-state index is -0.0540. The summed E-state index contributed by atoms with van der Waals surface area (Å²) in [4.78, 5) is 11.8. The molecule has 1 aliphatic rings. The van der Waals surface area contributed by atoms with Gasteiger partial charge in [0.2, 0.25) is 0 Å². The van der Waals surface area contributed by atoms with Crippen molar-refractivity contribution < 1.29 is 9.53 Å². The summed E-state index contributed by atoms with van der Waals surface area (Å²) < 4.78 is 7.29. The van der Waals surface area contributed by atoms with Gasteiger partial charge in [-0.05, 0) is 12.1 Å². The van der Waals surface area contributed by atoms with Gasteiger partial charge in [0.05, 0.1) is 12.7 Å². The quantitative estimate of drug-likeness (QED) is 0.742. The average molecular weight is 223 g/mol. The van der Waals surface area contributed by atoms with E-state index in [4.69, 9.17) is 4.74 Å². The molecule has 1 saturated heterocycles. The molecule has 0 radical (unpaired) electrons. The molecule has 1 unspecified atom stereocenters. The van der Waals surface area contributed by atoms with Crippen LogP contribution in [0.25, 0.3) is 0 Å². The van der Waals surface area contributed by atoms with Crippen LogP contribution in [0.5, 0.6) is 0 Å². The van der Waals surface area contributed by atoms with Crippen LogP contribution in [0.1, 0.15) is 10.5 Å². The number of carbonyl (C=O) groups is 1. The van der Waals surface area contributed by atoms with Crippen LogP contribution in [0.2, 0.25) is 0 Å². The SMILES string of the molecule is Cn1cccc1C(=O)NCC1CNCCO1. The molecule has 1 aromatic rings. The molecule has 2 N–H and O–H groups in total. The van der Waals surface area contributed by atoms with E-state index >= 15 is 0 Å². The van der Waals surface area contributed by atoms with E-state index in [0.717, 1.165) is 13.1 Å². The van der Waals surface area contributed by atoms with Gasteiger partial charge in [-0.25, -0.2) is 0 Å². The first-order chi connectivity index (χ1) is 7.77. The monoisotopic (exact) mass is 223 g/mol. The minimum absolute atomic E-state index is 0.0540. The van der Waals surface area contributed by atoms with Gasteiger partial charge < -0.3 is 19.9 Å². The van der Waals surface area contributed by atoms with E-state index in [9.17, 15) is 4.79 Å². The van der Waals surface area contributed by atoms with Crippen molar-refractivity contribution >= 4 is 5.91 Å². The van der Waals surface area contributed by atoms with Crippen LogP contribution in [-0.4, -0.2) is 42.8 Å². The Morgan fingerprint density at radius 1 is 1.75 bits per heavy atom. The number of hydrogen-bond donors (Lipinski definition) is 2. The number of hydrogen-bond acceptors (Lipinski definition) is 3. The van der Waals surface area contributed by atoms with E-state index in [1.54, 1.807) is 10.6 Å². The molecular formula is C11H17N3O2. The van der Waals surface area contributed by atoms with Crippen molar-refractivity contribution in [3.8, 4) is 0 Å². The van der Waals surface area contributed by atoms with Crippen LogP contribution in [0.3, 0.4) is 0 Å². The second-order valence-corrected chi connectivity index (χ2v) is 3.91. The number of amides is 1. The van der Waals surface area contributed by atoms with Crippen LogP contribution >= 0.6 is 0 Å². The van der Waals surface area contributed by atoms with Gasteiger partial charge in [0.25, 0.3) is 5.91 Å². The Balaban J connectivity index is 1.81. The predicted octanol–water partition coefficient (Wildman–Crippen LogP) is -0.257. The summed E-state index contributed by atoms with van der Waals surface area (Å²) in [5, 5.41) is 6.09. The summed E-state index contributed by atoms with van der Waals surface area (Å²) >= 11 is 0. The van der Waals surface area contributed by atoms with Gasteiger partial charge in [-0.3, -0.25) is 4.79 Å². The molecule has 0 aliphatic carbocycles. The first-order valence-electron chi connectivity index (χ1n) is 5.49. The van der Waals surface area contributed by atoms with Crippen LogP contribution in [0.15, 0.2) is 18.3 Å². The van der Waals surface area contributed by atoms with Gasteiger partial charge in [-0.2, -0.15) is 0 Å². The van der Waals surface area contributed by atoms with E-state index in [0.29, 0.717) is 18.8 Å². The molecule has 0 aromatic carbocycles. The van der Waals surface area contributed by atoms with Crippen LogP contribution in [0.4, 0.5) is 0 Å². The Bertz CT molecular complexity index is 356. The molecule has 1 fully saturated rings. The molecular weight excluding hydrogens is 206 g/mol. The van der Waals surface area contributed by atoms with E-state index in [2.05, 4.69) is 10.6 Å². The second kappa shape index (κ2) is 5.14. The fraction of sp³-hybridized carbons (Fsp3) is 0.545. The Kier molecular flexibility index (Phi) is 3.58. The lowest BCUT2D eigenvalue weighted by Crippen LogP contribution is -2.45. The summed E-state index contributed by atoms with van der Waals surface area (Å²) in [5.41, 5.74) is 0.670. The third-order valence-electron chi connectivity index (χ3n) is 2.67. The van der Waals surface area contributed by atoms with Gasteiger partial charge in [0, 0.05) is 32.9 Å². The molecule has 1 atom stereocenters. The maximum Gasteiger partial charge on any atom is 0.267 e. The van der Waals surface area contributed by atoms with E-state index in [1.165, 1.54) is 0 Å². The highest BCUT2D eigenvalue weighted by molar-refractivity contribution is 5.92. The highest BCUT2D eigenvalue weighted by Crippen LogP contribution is 2.00. The standard InChI is InChI=1S/C11H17N3O2/c1-14-5-2-3-10(14)11(15)13-8-9-7-12-4-6-16-9/h2-3,5,9,12H,4,6-8H2,1H3,(H,13,15). The van der Waals surface area contributed by atoms with E-state index in [-0.39, 0.29) is 12.0 Å². The molecule has 1 amide bonds. The highest BCUT2D eigenvalue weighted by atomic mass is 16.5. The summed E-state index contributed by atoms with van der Waals surface area (Å²) in [6.45, 7) is 2.96. The third kappa shape index (κ3) is 2.62. The van der Waals surface area contributed by atoms with Crippen molar-refractivity contribution in [1.29, 1.82) is 0 Å². The smallest absolute Gasteiger partial charge is 0.267 e. The number of nitrogens with zero attached hydrogens (tertiary/aromatic N) is 1. The van der Waals surface area contributed by atoms with Crippen molar-refractivity contribution in [2.24, 2.45) is 7.05 Å². The van der Waals surface area contributed by atoms with Gasteiger partial charge in [-0.15, -0.1) is 0 Å². The second-order valence-electron chi connectivity index (χ2n) is 3.91. The molecule has 5 nitrogen and oxygen atoms in total. The first-order valence-corrected chi connectivity index (χ1v) is 5.49. The third-order valence-corrected chi connectivity index (χ3v) is 2.67. The Morgan fingerprint density at radius 3 is 3.25 bits per heavy atom. The number of carbonyl (C=O) groups excluding carboxylic acids is 1. The van der Waals surface area contributed by atoms with Gasteiger partial charge in [-0.1, -0.05) is 0 Å². The van der Waals surface area contributed by atoms with E-state index in [1.807, 2.05) is 19.3 Å². The molecule has 1 aliphatic heterocycles. The van der Waals surface area contributed by atoms with Crippen LogP contribution < -0.4 is 10.6 Å². The first kappa shape index (κ1) is 11.2. The lowest BCUT2D eigenvalue weighted by molar-refractivity contribution is 0.0286. The zero-order valence-electron chi connectivity index (χ0n) is 9.40. The predicted molar refractivity (Wildman–Crippen MR) is 60.4 cm³/mol. The highest BCUT2D eigenvalue weighted by Gasteiger charge is 2.15. The molecule has 88 valence electrons. The average Bonchev–Trinajstić information content (AvgIpc) is 2.74. The number of ether oxygens (including phenoxy) is 1. The molecule has 1 aromatic heterocycles. The normalized spacial score (nSPS) is 20.7. The number of aryl methyl sites for hydroxylation is 1. The van der Waals surface area contributed by atoms with Crippen molar-refractivity contribution in [2.75, 3.05) is 26.2 Å². The van der Waals surface area contributed by atoms with Crippen LogP contribution in [0, 0.1) is 0 Å². The topological polar surface area (TPSA) is 55.3 Å². The summed E-state index contributed by atoms with van der Waals surface area (Å²) in [7, 11) is 1.85. The Hall–Kier alpha value is -1.33. The fourth-order valence-corrected chi connectivity index (χ4v) is 1.74. The molecule has 16 heavy (non-hydrogen) atoms. The molecule has 0 bridgehead atoms. The van der Waals surface area contributed by atoms with Gasteiger partial charge in [0.1, 0.15) is 5.69 Å². The minimum Gasteiger partial charge on any atom is -0.374 e. The Labute approximate surface area is 94.8 Å². The number of morpholine rings is 1.